The van der Waals surface area contributed by atoms with Crippen LogP contribution in [0, 0.1) is 11.6 Å². The first-order chi connectivity index (χ1) is 12.2. The number of hydrogen-bond acceptors (Lipinski definition) is 6. The van der Waals surface area contributed by atoms with E-state index in [4.69, 9.17) is 4.74 Å². The number of ether oxygens (including phenoxy) is 1. The Bertz CT molecular complexity index is 797. The zero-order chi connectivity index (χ0) is 19.3. The van der Waals surface area contributed by atoms with Crippen LogP contribution in [0.3, 0.4) is 0 Å². The standard InChI is InChI=1S/C15H12F5N3O2S/c1-2-25-13(24)5-9-7-26-14(22-9)23-21-6-10-11(16)3-8(4-12(10)17)15(18,19)20/h3-4,6-7H,2,5H2,1H3,(H,22,23). The zero-order valence-corrected chi connectivity index (χ0v) is 14.0. The molecular formula is C15H12F5N3O2S. The second-order valence-corrected chi connectivity index (χ2v) is 5.71. The lowest BCUT2D eigenvalue weighted by molar-refractivity contribution is -0.142. The van der Waals surface area contributed by atoms with E-state index < -0.39 is 34.9 Å². The summed E-state index contributed by atoms with van der Waals surface area (Å²) in [7, 11) is 0. The molecule has 11 heteroatoms. The molecule has 5 nitrogen and oxygen atoms in total. The normalized spacial score (nSPS) is 11.8. The van der Waals surface area contributed by atoms with Crippen LogP contribution >= 0.6 is 11.3 Å². The van der Waals surface area contributed by atoms with Gasteiger partial charge in [-0.25, -0.2) is 13.8 Å². The first kappa shape index (κ1) is 19.8. The quantitative estimate of drug-likeness (QED) is 0.349. The minimum Gasteiger partial charge on any atom is -0.466 e. The average molecular weight is 393 g/mol. The number of carbonyl (C=O) groups excluding carboxylic acids is 1. The van der Waals surface area contributed by atoms with E-state index in [0.717, 1.165) is 11.3 Å². The molecule has 0 saturated heterocycles. The van der Waals surface area contributed by atoms with Crippen LogP contribution in [-0.2, 0) is 22.1 Å². The third kappa shape index (κ3) is 5.22. The molecule has 1 N–H and O–H groups in total. The summed E-state index contributed by atoms with van der Waals surface area (Å²) < 4.78 is 69.5. The summed E-state index contributed by atoms with van der Waals surface area (Å²) in [6.07, 6.45) is -4.19. The molecule has 1 heterocycles. The number of aromatic nitrogens is 1. The molecule has 2 aromatic rings. The van der Waals surface area contributed by atoms with Gasteiger partial charge in [0.2, 0.25) is 5.13 Å². The lowest BCUT2D eigenvalue weighted by Gasteiger charge is -2.08. The molecule has 0 spiro atoms. The summed E-state index contributed by atoms with van der Waals surface area (Å²) >= 11 is 1.08. The van der Waals surface area contributed by atoms with Crippen LogP contribution in [0.1, 0.15) is 23.7 Å². The van der Waals surface area contributed by atoms with Crippen LogP contribution in [0.25, 0.3) is 0 Å². The number of alkyl halides is 3. The van der Waals surface area contributed by atoms with Gasteiger partial charge in [-0.15, -0.1) is 11.3 Å². The topological polar surface area (TPSA) is 63.6 Å². The molecule has 0 bridgehead atoms. The Hall–Kier alpha value is -2.56. The van der Waals surface area contributed by atoms with Gasteiger partial charge in [0.1, 0.15) is 11.6 Å². The molecule has 0 amide bonds. The van der Waals surface area contributed by atoms with Crippen molar-refractivity contribution in [3.8, 4) is 0 Å². The number of rotatable bonds is 6. The van der Waals surface area contributed by atoms with Crippen molar-refractivity contribution in [1.29, 1.82) is 0 Å². The van der Waals surface area contributed by atoms with Gasteiger partial charge in [-0.1, -0.05) is 0 Å². The second-order valence-electron chi connectivity index (χ2n) is 4.85. The first-order valence-corrected chi connectivity index (χ1v) is 8.04. The molecule has 0 radical (unpaired) electrons. The number of hydrogen-bond donors (Lipinski definition) is 1. The van der Waals surface area contributed by atoms with E-state index in [0.29, 0.717) is 11.9 Å². The highest BCUT2D eigenvalue weighted by Gasteiger charge is 2.32. The first-order valence-electron chi connectivity index (χ1n) is 7.16. The molecule has 0 unspecified atom stereocenters. The predicted octanol–water partition coefficient (Wildman–Crippen LogP) is 3.99. The van der Waals surface area contributed by atoms with Crippen LogP contribution in [0.4, 0.5) is 27.1 Å². The maximum atomic E-state index is 13.7. The molecule has 0 atom stereocenters. The Labute approximate surface area is 148 Å². The number of halogens is 5. The van der Waals surface area contributed by atoms with Gasteiger partial charge in [0.15, 0.2) is 0 Å². The average Bonchev–Trinajstić information content (AvgIpc) is 2.96. The van der Waals surface area contributed by atoms with E-state index in [1.807, 2.05) is 0 Å². The van der Waals surface area contributed by atoms with Crippen LogP contribution in [-0.4, -0.2) is 23.8 Å². The molecular weight excluding hydrogens is 381 g/mol. The summed E-state index contributed by atoms with van der Waals surface area (Å²) in [4.78, 5) is 15.3. The SMILES string of the molecule is CCOC(=O)Cc1csc(NN=Cc2c(F)cc(C(F)(F)F)cc2F)n1. The largest absolute Gasteiger partial charge is 0.466 e. The van der Waals surface area contributed by atoms with E-state index in [-0.39, 0.29) is 30.3 Å². The van der Waals surface area contributed by atoms with Gasteiger partial charge in [-0.3, -0.25) is 10.2 Å². The van der Waals surface area contributed by atoms with Gasteiger partial charge in [-0.2, -0.15) is 18.3 Å². The zero-order valence-electron chi connectivity index (χ0n) is 13.2. The molecule has 2 rings (SSSR count). The Balaban J connectivity index is 2.05. The van der Waals surface area contributed by atoms with Gasteiger partial charge in [0, 0.05) is 5.38 Å². The van der Waals surface area contributed by atoms with Gasteiger partial charge in [0.25, 0.3) is 0 Å². The minimum absolute atomic E-state index is 0.0438. The van der Waals surface area contributed by atoms with Crippen molar-refractivity contribution < 1.29 is 31.5 Å². The highest BCUT2D eigenvalue weighted by Crippen LogP contribution is 2.31. The van der Waals surface area contributed by atoms with Crippen LogP contribution in [0.5, 0.6) is 0 Å². The summed E-state index contributed by atoms with van der Waals surface area (Å²) in [5.41, 5.74) is 0.645. The molecule has 1 aromatic heterocycles. The number of benzene rings is 1. The van der Waals surface area contributed by atoms with Crippen molar-refractivity contribution in [2.75, 3.05) is 12.0 Å². The Kier molecular flexibility index (Phi) is 6.24. The van der Waals surface area contributed by atoms with Crippen LogP contribution < -0.4 is 5.43 Å². The number of thiazole rings is 1. The molecule has 0 fully saturated rings. The fraction of sp³-hybridized carbons (Fsp3) is 0.267. The Morgan fingerprint density at radius 3 is 2.58 bits per heavy atom. The van der Waals surface area contributed by atoms with Crippen molar-refractivity contribution in [1.82, 2.24) is 4.98 Å². The molecule has 0 aliphatic heterocycles. The number of anilines is 1. The smallest absolute Gasteiger partial charge is 0.416 e. The van der Waals surface area contributed by atoms with Gasteiger partial charge in [-0.05, 0) is 19.1 Å². The van der Waals surface area contributed by atoms with Gasteiger partial charge < -0.3 is 4.74 Å². The van der Waals surface area contributed by atoms with E-state index in [9.17, 15) is 26.7 Å². The summed E-state index contributed by atoms with van der Waals surface area (Å²) in [5, 5.41) is 5.34. The third-order valence-corrected chi connectivity index (χ3v) is 3.74. The third-order valence-electron chi connectivity index (χ3n) is 2.94. The summed E-state index contributed by atoms with van der Waals surface area (Å²) in [6, 6.07) is 0.372. The van der Waals surface area contributed by atoms with Crippen molar-refractivity contribution in [3.05, 3.63) is 46.0 Å². The second kappa shape index (κ2) is 8.21. The molecule has 140 valence electrons. The van der Waals surface area contributed by atoms with Crippen LogP contribution in [0.2, 0.25) is 0 Å². The predicted molar refractivity (Wildman–Crippen MR) is 85.0 cm³/mol. The number of hydrazone groups is 1. The lowest BCUT2D eigenvalue weighted by Crippen LogP contribution is -2.08. The number of carbonyl (C=O) groups is 1. The van der Waals surface area contributed by atoms with E-state index in [1.165, 1.54) is 0 Å². The van der Waals surface area contributed by atoms with Crippen LogP contribution in [0.15, 0.2) is 22.6 Å². The number of nitrogens with zero attached hydrogens (tertiary/aromatic N) is 2. The maximum Gasteiger partial charge on any atom is 0.416 e. The fourth-order valence-electron chi connectivity index (χ4n) is 1.82. The number of nitrogens with one attached hydrogen (secondary N) is 1. The monoisotopic (exact) mass is 393 g/mol. The Morgan fingerprint density at radius 1 is 1.35 bits per heavy atom. The molecule has 26 heavy (non-hydrogen) atoms. The van der Waals surface area contributed by atoms with Crippen molar-refractivity contribution in [2.45, 2.75) is 19.5 Å². The van der Waals surface area contributed by atoms with Gasteiger partial charge >= 0.3 is 12.1 Å². The van der Waals surface area contributed by atoms with Crippen molar-refractivity contribution >= 4 is 28.7 Å². The Morgan fingerprint density at radius 2 is 2.00 bits per heavy atom. The summed E-state index contributed by atoms with van der Waals surface area (Å²) in [5.74, 6) is -3.25. The molecule has 1 aromatic carbocycles. The highest BCUT2D eigenvalue weighted by atomic mass is 32.1. The summed E-state index contributed by atoms with van der Waals surface area (Å²) in [6.45, 7) is 1.91. The maximum absolute atomic E-state index is 13.7. The van der Waals surface area contributed by atoms with E-state index in [2.05, 4.69) is 15.5 Å². The highest BCUT2D eigenvalue weighted by molar-refractivity contribution is 7.13. The van der Waals surface area contributed by atoms with Gasteiger partial charge in [0.05, 0.1) is 36.1 Å². The molecule has 0 aliphatic rings. The minimum atomic E-state index is -4.86. The number of esters is 1. The lowest BCUT2D eigenvalue weighted by atomic mass is 10.1. The van der Waals surface area contributed by atoms with Crippen molar-refractivity contribution in [3.63, 3.8) is 0 Å². The molecule has 0 saturated carbocycles. The fourth-order valence-corrected chi connectivity index (χ4v) is 2.48. The van der Waals surface area contributed by atoms with E-state index in [1.54, 1.807) is 12.3 Å². The van der Waals surface area contributed by atoms with Crippen molar-refractivity contribution in [2.24, 2.45) is 5.10 Å². The van der Waals surface area contributed by atoms with E-state index >= 15 is 0 Å². The molecule has 0 aliphatic carbocycles.